The van der Waals surface area contributed by atoms with E-state index in [1.165, 1.54) is 19.4 Å². The van der Waals surface area contributed by atoms with Crippen LogP contribution in [0.1, 0.15) is 48.5 Å². The Morgan fingerprint density at radius 1 is 1.29 bits per heavy atom. The van der Waals surface area contributed by atoms with Crippen LogP contribution in [0.3, 0.4) is 0 Å². The van der Waals surface area contributed by atoms with Crippen LogP contribution in [0, 0.1) is 30.0 Å². The fourth-order valence-electron chi connectivity index (χ4n) is 4.93. The maximum Gasteiger partial charge on any atom is 0.249 e. The highest BCUT2D eigenvalue weighted by Crippen LogP contribution is 2.42. The number of benzene rings is 2. The number of carbonyl (C=O) groups excluding carboxylic acids is 1. The molecular weight excluding hydrogens is 512 g/mol. The number of pyridine rings is 1. The quantitative estimate of drug-likeness (QED) is 0.225. The largest absolute Gasteiger partial charge is 0.497 e. The average molecular weight is 542 g/mol. The lowest BCUT2D eigenvalue weighted by atomic mass is 9.73. The number of methoxy groups -OCH3 is 1. The number of halogens is 3. The minimum atomic E-state index is -1.44. The highest BCUT2D eigenvalue weighted by Gasteiger charge is 2.41. The molecule has 0 aliphatic carbocycles. The lowest BCUT2D eigenvalue weighted by Crippen LogP contribution is -2.48. The number of aromatic nitrogens is 1. The van der Waals surface area contributed by atoms with E-state index in [1.54, 1.807) is 42.7 Å². The fourth-order valence-corrected chi connectivity index (χ4v) is 5.20. The first-order chi connectivity index (χ1) is 18.3. The Labute approximate surface area is 225 Å². The Kier molecular flexibility index (Phi) is 8.83. The lowest BCUT2D eigenvalue weighted by molar-refractivity contribution is -0.143. The maximum atomic E-state index is 15.7. The van der Waals surface area contributed by atoms with E-state index in [4.69, 9.17) is 16.3 Å². The van der Waals surface area contributed by atoms with Gasteiger partial charge < -0.3 is 4.74 Å². The van der Waals surface area contributed by atoms with E-state index in [0.717, 1.165) is 0 Å². The van der Waals surface area contributed by atoms with Crippen molar-refractivity contribution in [3.63, 3.8) is 0 Å². The van der Waals surface area contributed by atoms with Crippen LogP contribution in [0.15, 0.2) is 42.6 Å². The first kappa shape index (κ1) is 27.8. The van der Waals surface area contributed by atoms with Gasteiger partial charge in [-0.3, -0.25) is 19.9 Å². The number of amides is 1. The molecule has 1 saturated heterocycles. The van der Waals surface area contributed by atoms with Crippen LogP contribution in [0.2, 0.25) is 5.02 Å². The van der Waals surface area contributed by atoms with Gasteiger partial charge in [-0.05, 0) is 68.5 Å². The Bertz CT molecular complexity index is 1380. The third kappa shape index (κ3) is 6.07. The van der Waals surface area contributed by atoms with Crippen LogP contribution < -0.4 is 10.2 Å². The van der Waals surface area contributed by atoms with E-state index in [1.807, 2.05) is 0 Å². The van der Waals surface area contributed by atoms with Gasteiger partial charge in [0.1, 0.15) is 17.7 Å². The summed E-state index contributed by atoms with van der Waals surface area (Å²) in [5.41, 5.74) is 2.95. The summed E-state index contributed by atoms with van der Waals surface area (Å²) in [7, 11) is 1.53. The summed E-state index contributed by atoms with van der Waals surface area (Å²) in [4.78, 5) is 19.1. The summed E-state index contributed by atoms with van der Waals surface area (Å²) >= 11 is 6.36. The lowest BCUT2D eigenvalue weighted by Gasteiger charge is -2.40. The van der Waals surface area contributed by atoms with Gasteiger partial charge in [-0.25, -0.2) is 14.3 Å². The number of aryl methyl sites for hydroxylation is 1. The molecule has 2 N–H and O–H groups in total. The Balaban J connectivity index is 1.43. The highest BCUT2D eigenvalue weighted by molar-refractivity contribution is 6.32. The van der Waals surface area contributed by atoms with Crippen LogP contribution in [0.5, 0.6) is 5.75 Å². The molecule has 1 aromatic heterocycles. The van der Waals surface area contributed by atoms with Crippen LogP contribution in [0.4, 0.5) is 8.78 Å². The van der Waals surface area contributed by atoms with Crippen molar-refractivity contribution in [2.24, 2.45) is 5.41 Å². The van der Waals surface area contributed by atoms with Crippen molar-refractivity contribution >= 4 is 28.4 Å². The molecule has 9 heteroatoms. The second kappa shape index (κ2) is 12.1. The van der Waals surface area contributed by atoms with Crippen LogP contribution in [0.25, 0.3) is 10.9 Å². The minimum Gasteiger partial charge on any atom is -0.497 e. The van der Waals surface area contributed by atoms with Gasteiger partial charge in [-0.1, -0.05) is 29.5 Å². The molecule has 2 aromatic carbocycles. The number of nitrogens with one attached hydrogen (secondary N) is 1. The van der Waals surface area contributed by atoms with E-state index in [9.17, 15) is 14.4 Å². The number of piperidine rings is 1. The van der Waals surface area contributed by atoms with Crippen molar-refractivity contribution < 1.29 is 23.5 Å². The summed E-state index contributed by atoms with van der Waals surface area (Å²) in [6, 6.07) is 10.1. The summed E-state index contributed by atoms with van der Waals surface area (Å²) in [5, 5.41) is 10.2. The second-order valence-electron chi connectivity index (χ2n) is 9.67. The number of hydrogen-bond donors (Lipinski definition) is 2. The summed E-state index contributed by atoms with van der Waals surface area (Å²) < 4.78 is 34.7. The molecule has 0 saturated carbocycles. The average Bonchev–Trinajstić information content (AvgIpc) is 2.93. The van der Waals surface area contributed by atoms with Gasteiger partial charge in [-0.15, -0.1) is 0 Å². The van der Waals surface area contributed by atoms with E-state index < -0.39 is 17.5 Å². The maximum absolute atomic E-state index is 15.7. The molecule has 4 rings (SSSR count). The SMILES string of the molecule is COc1ccc2ncc(Cl)c([C@H](F)CCC3(C(=O)NO)CCN(CC#Cc4ccc(C)c(F)c4)CC3)c2c1. The van der Waals surface area contributed by atoms with Gasteiger partial charge in [-0.2, -0.15) is 0 Å². The summed E-state index contributed by atoms with van der Waals surface area (Å²) in [6.07, 6.45) is 1.13. The first-order valence-corrected chi connectivity index (χ1v) is 12.8. The van der Waals surface area contributed by atoms with Crippen LogP contribution in [-0.4, -0.2) is 47.7 Å². The molecule has 1 aliphatic rings. The van der Waals surface area contributed by atoms with Crippen molar-refractivity contribution in [3.05, 3.63) is 70.1 Å². The number of hydrogen-bond acceptors (Lipinski definition) is 5. The van der Waals surface area contributed by atoms with Crippen LogP contribution >= 0.6 is 11.6 Å². The van der Waals surface area contributed by atoms with Gasteiger partial charge in [0.25, 0.3) is 0 Å². The van der Waals surface area contributed by atoms with E-state index in [2.05, 4.69) is 21.7 Å². The number of rotatable bonds is 7. The predicted octanol–water partition coefficient (Wildman–Crippen LogP) is 5.77. The number of likely N-dealkylation sites (tertiary alicyclic amines) is 1. The standard InChI is InChI=1S/C29H30ClF2N3O3/c1-19-5-6-20(16-25(19)32)4-3-13-35-14-11-29(12-15-35,28(36)34-37)10-9-24(31)27-22-17-21(38-2)7-8-26(22)33-18-23(27)30/h5-8,16-18,24,37H,9-15H2,1-2H3,(H,34,36)/t24-/m1/s1. The summed E-state index contributed by atoms with van der Waals surface area (Å²) in [5.74, 6) is 5.79. The number of hydroxylamine groups is 1. The zero-order valence-corrected chi connectivity index (χ0v) is 22.1. The van der Waals surface area contributed by atoms with Crippen molar-refractivity contribution in [1.82, 2.24) is 15.4 Å². The van der Waals surface area contributed by atoms with Crippen LogP contribution in [-0.2, 0) is 4.79 Å². The molecule has 1 amide bonds. The predicted molar refractivity (Wildman–Crippen MR) is 142 cm³/mol. The number of ether oxygens (including phenoxy) is 1. The van der Waals surface area contributed by atoms with Gasteiger partial charge in [0, 0.05) is 35.8 Å². The zero-order chi connectivity index (χ0) is 27.3. The molecule has 1 atom stereocenters. The molecular formula is C29H30ClF2N3O3. The third-order valence-electron chi connectivity index (χ3n) is 7.36. The Morgan fingerprint density at radius 3 is 2.74 bits per heavy atom. The Morgan fingerprint density at radius 2 is 2.05 bits per heavy atom. The molecule has 6 nitrogen and oxygen atoms in total. The van der Waals surface area contributed by atoms with Gasteiger partial charge in [0.05, 0.1) is 29.6 Å². The van der Waals surface area contributed by atoms with Crippen molar-refractivity contribution in [1.29, 1.82) is 0 Å². The highest BCUT2D eigenvalue weighted by atomic mass is 35.5. The topological polar surface area (TPSA) is 74.7 Å². The van der Waals surface area contributed by atoms with E-state index >= 15 is 4.39 Å². The van der Waals surface area contributed by atoms with Gasteiger partial charge in [0.15, 0.2) is 0 Å². The molecule has 38 heavy (non-hydrogen) atoms. The monoisotopic (exact) mass is 541 g/mol. The number of fused-ring (bicyclic) bond motifs is 1. The number of alkyl halides is 1. The smallest absolute Gasteiger partial charge is 0.249 e. The molecule has 0 radical (unpaired) electrons. The van der Waals surface area contributed by atoms with E-state index in [0.29, 0.717) is 65.8 Å². The molecule has 0 bridgehead atoms. The second-order valence-corrected chi connectivity index (χ2v) is 10.1. The van der Waals surface area contributed by atoms with Crippen molar-refractivity contribution in [2.45, 2.75) is 38.8 Å². The molecule has 1 fully saturated rings. The molecule has 2 heterocycles. The molecule has 0 unspecified atom stereocenters. The summed E-state index contributed by atoms with van der Waals surface area (Å²) in [6.45, 7) is 3.26. The third-order valence-corrected chi connectivity index (χ3v) is 7.66. The molecule has 200 valence electrons. The zero-order valence-electron chi connectivity index (χ0n) is 21.4. The van der Waals surface area contributed by atoms with Gasteiger partial charge >= 0.3 is 0 Å². The van der Waals surface area contributed by atoms with Gasteiger partial charge in [0.2, 0.25) is 5.91 Å². The number of carbonyl (C=O) groups is 1. The van der Waals surface area contributed by atoms with Crippen molar-refractivity contribution in [2.75, 3.05) is 26.7 Å². The van der Waals surface area contributed by atoms with E-state index in [-0.39, 0.29) is 23.7 Å². The minimum absolute atomic E-state index is 0.0439. The molecule has 3 aromatic rings. The first-order valence-electron chi connectivity index (χ1n) is 12.4. The normalized spacial score (nSPS) is 15.9. The van der Waals surface area contributed by atoms with Crippen molar-refractivity contribution in [3.8, 4) is 17.6 Å². The fraction of sp³-hybridized carbons (Fsp3) is 0.379. The molecule has 1 aliphatic heterocycles. The number of nitrogens with zero attached hydrogens (tertiary/aromatic N) is 2. The molecule has 0 spiro atoms. The Hall–Kier alpha value is -3.25.